The fourth-order valence-electron chi connectivity index (χ4n) is 1.73. The Bertz CT molecular complexity index is 276. The van der Waals surface area contributed by atoms with Crippen LogP contribution in [0.5, 0.6) is 0 Å². The molecule has 1 aliphatic rings. The summed E-state index contributed by atoms with van der Waals surface area (Å²) >= 11 is 5.80. The topological polar surface area (TPSA) is 17.1 Å². The van der Waals surface area contributed by atoms with E-state index in [1.54, 1.807) is 6.92 Å². The Balaban J connectivity index is 2.90. The number of allylic oxidation sites excluding steroid dienone is 4. The first-order valence-electron chi connectivity index (χ1n) is 4.50. The van der Waals surface area contributed by atoms with Crippen LogP contribution in [-0.4, -0.2) is 11.2 Å². The van der Waals surface area contributed by atoms with Gasteiger partial charge in [-0.2, -0.15) is 0 Å². The third-order valence-corrected chi connectivity index (χ3v) is 2.59. The SMILES string of the molecule is CC1=CC(C)(C(=O)C(C)Cl)CC=C1. The van der Waals surface area contributed by atoms with Crippen LogP contribution in [0.1, 0.15) is 27.2 Å². The molecule has 0 heterocycles. The van der Waals surface area contributed by atoms with Crippen molar-refractivity contribution in [3.8, 4) is 0 Å². The van der Waals surface area contributed by atoms with Crippen LogP contribution in [0.3, 0.4) is 0 Å². The Labute approximate surface area is 84.5 Å². The van der Waals surface area contributed by atoms with Crippen molar-refractivity contribution in [2.45, 2.75) is 32.6 Å². The Morgan fingerprint density at radius 3 is 2.77 bits per heavy atom. The predicted octanol–water partition coefficient (Wildman–Crippen LogP) is 3.10. The third kappa shape index (κ3) is 2.22. The van der Waals surface area contributed by atoms with E-state index < -0.39 is 5.38 Å². The smallest absolute Gasteiger partial charge is 0.160 e. The van der Waals surface area contributed by atoms with Gasteiger partial charge in [0.1, 0.15) is 0 Å². The van der Waals surface area contributed by atoms with Crippen LogP contribution >= 0.6 is 11.6 Å². The van der Waals surface area contributed by atoms with Crippen molar-refractivity contribution in [3.05, 3.63) is 23.8 Å². The number of rotatable bonds is 2. The number of alkyl halides is 1. The maximum atomic E-state index is 11.8. The van der Waals surface area contributed by atoms with E-state index >= 15 is 0 Å². The summed E-state index contributed by atoms with van der Waals surface area (Å²) in [4.78, 5) is 11.8. The van der Waals surface area contributed by atoms with Crippen molar-refractivity contribution in [3.63, 3.8) is 0 Å². The Kier molecular flexibility index (Phi) is 2.97. The predicted molar refractivity (Wildman–Crippen MR) is 55.9 cm³/mol. The normalized spacial score (nSPS) is 29.7. The summed E-state index contributed by atoms with van der Waals surface area (Å²) in [7, 11) is 0. The lowest BCUT2D eigenvalue weighted by molar-refractivity contribution is -0.124. The van der Waals surface area contributed by atoms with Gasteiger partial charge >= 0.3 is 0 Å². The zero-order chi connectivity index (χ0) is 10.1. The Morgan fingerprint density at radius 1 is 1.69 bits per heavy atom. The lowest BCUT2D eigenvalue weighted by atomic mass is 9.77. The maximum Gasteiger partial charge on any atom is 0.160 e. The van der Waals surface area contributed by atoms with Crippen LogP contribution in [0, 0.1) is 5.41 Å². The van der Waals surface area contributed by atoms with Gasteiger partial charge < -0.3 is 0 Å². The van der Waals surface area contributed by atoms with Crippen LogP contribution in [0.2, 0.25) is 0 Å². The van der Waals surface area contributed by atoms with Gasteiger partial charge in [0.25, 0.3) is 0 Å². The van der Waals surface area contributed by atoms with E-state index in [9.17, 15) is 4.79 Å². The van der Waals surface area contributed by atoms with Gasteiger partial charge in [-0.3, -0.25) is 4.79 Å². The minimum Gasteiger partial charge on any atom is -0.297 e. The molecule has 0 aromatic rings. The maximum absolute atomic E-state index is 11.8. The lowest BCUT2D eigenvalue weighted by Gasteiger charge is -2.27. The minimum absolute atomic E-state index is 0.109. The summed E-state index contributed by atoms with van der Waals surface area (Å²) in [6.07, 6.45) is 6.84. The molecule has 0 radical (unpaired) electrons. The zero-order valence-corrected chi connectivity index (χ0v) is 9.06. The van der Waals surface area contributed by atoms with Crippen molar-refractivity contribution in [2.75, 3.05) is 0 Å². The summed E-state index contributed by atoms with van der Waals surface area (Å²) in [5, 5.41) is -0.402. The van der Waals surface area contributed by atoms with E-state index in [2.05, 4.69) is 0 Å². The quantitative estimate of drug-likeness (QED) is 0.624. The average Bonchev–Trinajstić information content (AvgIpc) is 2.02. The summed E-state index contributed by atoms with van der Waals surface area (Å²) in [6, 6.07) is 0. The first-order valence-corrected chi connectivity index (χ1v) is 4.94. The van der Waals surface area contributed by atoms with Gasteiger partial charge in [0.2, 0.25) is 0 Å². The number of ketones is 1. The van der Waals surface area contributed by atoms with Crippen LogP contribution in [0.15, 0.2) is 23.8 Å². The second-order valence-corrected chi connectivity index (χ2v) is 4.55. The molecule has 13 heavy (non-hydrogen) atoms. The highest BCUT2D eigenvalue weighted by Crippen LogP contribution is 2.32. The molecule has 0 aliphatic heterocycles. The number of Topliss-reactive ketones (excluding diaryl/α,β-unsaturated/α-hetero) is 1. The largest absolute Gasteiger partial charge is 0.297 e. The number of hydrogen-bond acceptors (Lipinski definition) is 1. The fourth-order valence-corrected chi connectivity index (χ4v) is 1.97. The molecule has 0 amide bonds. The first kappa shape index (κ1) is 10.5. The third-order valence-electron chi connectivity index (χ3n) is 2.39. The van der Waals surface area contributed by atoms with Crippen molar-refractivity contribution in [2.24, 2.45) is 5.41 Å². The van der Waals surface area contributed by atoms with Crippen molar-refractivity contribution < 1.29 is 4.79 Å². The molecular weight excluding hydrogens is 184 g/mol. The molecule has 72 valence electrons. The van der Waals surface area contributed by atoms with E-state index in [4.69, 9.17) is 11.6 Å². The summed E-state index contributed by atoms with van der Waals surface area (Å²) in [5.41, 5.74) is 0.749. The van der Waals surface area contributed by atoms with Gasteiger partial charge in [0, 0.05) is 5.41 Å². The standard InChI is InChI=1S/C11H15ClO/c1-8-5-4-6-11(3,7-8)10(13)9(2)12/h4-5,7,9H,6H2,1-3H3. The fraction of sp³-hybridized carbons (Fsp3) is 0.545. The number of hydrogen-bond donors (Lipinski definition) is 0. The molecule has 0 fully saturated rings. The molecule has 0 spiro atoms. The van der Waals surface area contributed by atoms with Gasteiger partial charge in [0.15, 0.2) is 5.78 Å². The molecule has 0 bridgehead atoms. The molecule has 0 N–H and O–H groups in total. The highest BCUT2D eigenvalue weighted by molar-refractivity contribution is 6.31. The first-order chi connectivity index (χ1) is 5.96. The van der Waals surface area contributed by atoms with E-state index in [1.165, 1.54) is 0 Å². The minimum atomic E-state index is -0.402. The summed E-state index contributed by atoms with van der Waals surface area (Å²) in [5.74, 6) is 0.109. The molecule has 2 heteroatoms. The molecule has 0 aromatic heterocycles. The second-order valence-electron chi connectivity index (χ2n) is 3.89. The molecule has 0 saturated carbocycles. The molecule has 0 saturated heterocycles. The van der Waals surface area contributed by atoms with E-state index in [0.29, 0.717) is 0 Å². The second kappa shape index (κ2) is 3.67. The Hall–Kier alpha value is -0.560. The van der Waals surface area contributed by atoms with Gasteiger partial charge in [-0.05, 0) is 27.2 Å². The number of halogens is 1. The van der Waals surface area contributed by atoms with Gasteiger partial charge in [0.05, 0.1) is 5.38 Å². The highest BCUT2D eigenvalue weighted by Gasteiger charge is 2.33. The van der Waals surface area contributed by atoms with Gasteiger partial charge in [-0.25, -0.2) is 0 Å². The monoisotopic (exact) mass is 198 g/mol. The molecule has 1 nitrogen and oxygen atoms in total. The van der Waals surface area contributed by atoms with Gasteiger partial charge in [-0.1, -0.05) is 23.8 Å². The number of carbonyl (C=O) groups is 1. The van der Waals surface area contributed by atoms with Crippen LogP contribution in [0.4, 0.5) is 0 Å². The van der Waals surface area contributed by atoms with Crippen LogP contribution in [-0.2, 0) is 4.79 Å². The highest BCUT2D eigenvalue weighted by atomic mass is 35.5. The lowest BCUT2D eigenvalue weighted by Crippen LogP contribution is -2.32. The molecular formula is C11H15ClO. The van der Waals surface area contributed by atoms with E-state index in [-0.39, 0.29) is 11.2 Å². The number of carbonyl (C=O) groups excluding carboxylic acids is 1. The van der Waals surface area contributed by atoms with Crippen LogP contribution < -0.4 is 0 Å². The van der Waals surface area contributed by atoms with Crippen LogP contribution in [0.25, 0.3) is 0 Å². The van der Waals surface area contributed by atoms with Crippen molar-refractivity contribution >= 4 is 17.4 Å². The van der Waals surface area contributed by atoms with Gasteiger partial charge in [-0.15, -0.1) is 11.6 Å². The summed E-state index contributed by atoms with van der Waals surface area (Å²) in [6.45, 7) is 5.68. The van der Waals surface area contributed by atoms with E-state index in [1.807, 2.05) is 32.1 Å². The molecule has 0 aromatic carbocycles. The molecule has 2 unspecified atom stereocenters. The van der Waals surface area contributed by atoms with Crippen molar-refractivity contribution in [1.29, 1.82) is 0 Å². The molecule has 2 atom stereocenters. The van der Waals surface area contributed by atoms with Crippen molar-refractivity contribution in [1.82, 2.24) is 0 Å². The Morgan fingerprint density at radius 2 is 2.31 bits per heavy atom. The summed E-state index contributed by atoms with van der Waals surface area (Å²) < 4.78 is 0. The molecule has 1 rings (SSSR count). The molecule has 1 aliphatic carbocycles. The average molecular weight is 199 g/mol. The zero-order valence-electron chi connectivity index (χ0n) is 8.30. The van der Waals surface area contributed by atoms with E-state index in [0.717, 1.165) is 12.0 Å².